The van der Waals surface area contributed by atoms with E-state index in [0.29, 0.717) is 19.4 Å². The van der Waals surface area contributed by atoms with Gasteiger partial charge in [-0.2, -0.15) is 0 Å². The monoisotopic (exact) mass is 584 g/mol. The summed E-state index contributed by atoms with van der Waals surface area (Å²) in [6, 6.07) is 7.89. The zero-order valence-electron chi connectivity index (χ0n) is 26.2. The number of Topliss-reactive ketones (excluding diaryl/α,β-unsaturated/α-hetero) is 1. The van der Waals surface area contributed by atoms with Gasteiger partial charge in [0.2, 0.25) is 0 Å². The third-order valence-electron chi connectivity index (χ3n) is 6.97. The third kappa shape index (κ3) is 21.5. The molecule has 0 aliphatic rings. The fraction of sp³-hybridized carbons (Fsp3) is 0.781. The molecule has 1 aromatic rings. The van der Waals surface area contributed by atoms with Crippen molar-refractivity contribution in [2.75, 3.05) is 47.5 Å². The van der Waals surface area contributed by atoms with Crippen LogP contribution in [0.15, 0.2) is 24.3 Å². The summed E-state index contributed by atoms with van der Waals surface area (Å²) >= 11 is 0. The van der Waals surface area contributed by atoms with Gasteiger partial charge in [0.15, 0.2) is 0 Å². The van der Waals surface area contributed by atoms with Gasteiger partial charge >= 0.3 is 7.82 Å². The highest BCUT2D eigenvalue weighted by molar-refractivity contribution is 7.47. The van der Waals surface area contributed by atoms with E-state index in [1.807, 2.05) is 24.3 Å². The van der Waals surface area contributed by atoms with Gasteiger partial charge in [-0.15, -0.1) is 0 Å². The number of ether oxygens (including phenoxy) is 1. The molecule has 0 aliphatic carbocycles. The van der Waals surface area contributed by atoms with Crippen LogP contribution < -0.4 is 4.74 Å². The lowest BCUT2D eigenvalue weighted by molar-refractivity contribution is -0.870. The molecule has 0 aliphatic heterocycles. The summed E-state index contributed by atoms with van der Waals surface area (Å²) in [7, 11) is 2.16. The van der Waals surface area contributed by atoms with Crippen LogP contribution in [0.4, 0.5) is 0 Å². The Morgan fingerprint density at radius 2 is 1.48 bits per heavy atom. The van der Waals surface area contributed by atoms with E-state index in [1.54, 1.807) is 0 Å². The summed E-state index contributed by atoms with van der Waals surface area (Å²) in [5, 5.41) is 0. The average Bonchev–Trinajstić information content (AvgIpc) is 2.87. The average molecular weight is 585 g/mol. The number of carbonyl (C=O) groups is 1. The van der Waals surface area contributed by atoms with Crippen molar-refractivity contribution >= 4 is 13.6 Å². The lowest BCUT2D eigenvalue weighted by atomic mass is 9.95. The summed E-state index contributed by atoms with van der Waals surface area (Å²) in [5.74, 6) is 0.616. The topological polar surface area (TPSA) is 82.1 Å². The molecule has 0 spiro atoms. The van der Waals surface area contributed by atoms with Gasteiger partial charge in [-0.1, -0.05) is 83.3 Å². The highest BCUT2D eigenvalue weighted by Gasteiger charge is 2.24. The number of nitrogens with zero attached hydrogens (tertiary/aromatic N) is 1. The SMILES string of the molecule is CCCCCCCCCCCCCOc1cccc(CC(COP(=O)(O)OCCCC[N+](C)(C)C)CC(C)=O)c1. The van der Waals surface area contributed by atoms with E-state index in [-0.39, 0.29) is 31.3 Å². The van der Waals surface area contributed by atoms with Crippen LogP contribution in [0.5, 0.6) is 5.75 Å². The summed E-state index contributed by atoms with van der Waals surface area (Å²) in [5.41, 5.74) is 1.01. The molecule has 7 nitrogen and oxygen atoms in total. The molecule has 1 aromatic carbocycles. The van der Waals surface area contributed by atoms with Gasteiger partial charge in [0.25, 0.3) is 0 Å². The maximum atomic E-state index is 12.4. The molecule has 0 aromatic heterocycles. The molecule has 2 unspecified atom stereocenters. The van der Waals surface area contributed by atoms with Crippen LogP contribution >= 0.6 is 7.82 Å². The van der Waals surface area contributed by atoms with Crippen molar-refractivity contribution in [2.24, 2.45) is 5.92 Å². The van der Waals surface area contributed by atoms with Gasteiger partial charge in [0.05, 0.1) is 47.5 Å². The van der Waals surface area contributed by atoms with Crippen LogP contribution in [-0.2, 0) is 24.8 Å². The van der Waals surface area contributed by atoms with Crippen molar-refractivity contribution in [3.63, 3.8) is 0 Å². The number of unbranched alkanes of at least 4 members (excludes halogenated alkanes) is 11. The largest absolute Gasteiger partial charge is 0.494 e. The Morgan fingerprint density at radius 3 is 2.08 bits per heavy atom. The predicted octanol–water partition coefficient (Wildman–Crippen LogP) is 8.13. The molecule has 232 valence electrons. The number of rotatable bonds is 26. The van der Waals surface area contributed by atoms with Crippen LogP contribution in [0.3, 0.4) is 0 Å². The highest BCUT2D eigenvalue weighted by Crippen LogP contribution is 2.44. The van der Waals surface area contributed by atoms with E-state index in [9.17, 15) is 14.3 Å². The molecule has 40 heavy (non-hydrogen) atoms. The second-order valence-electron chi connectivity index (χ2n) is 12.3. The smallest absolute Gasteiger partial charge is 0.472 e. The summed E-state index contributed by atoms with van der Waals surface area (Å²) in [4.78, 5) is 22.0. The van der Waals surface area contributed by atoms with Crippen molar-refractivity contribution in [1.29, 1.82) is 0 Å². The lowest BCUT2D eigenvalue weighted by Crippen LogP contribution is -2.35. The van der Waals surface area contributed by atoms with E-state index in [0.717, 1.165) is 35.2 Å². The van der Waals surface area contributed by atoms with Crippen molar-refractivity contribution in [2.45, 2.75) is 110 Å². The van der Waals surface area contributed by atoms with E-state index in [4.69, 9.17) is 13.8 Å². The first-order valence-electron chi connectivity index (χ1n) is 15.6. The second kappa shape index (κ2) is 21.5. The molecular weight excluding hydrogens is 525 g/mol. The van der Waals surface area contributed by atoms with Crippen molar-refractivity contribution in [1.82, 2.24) is 0 Å². The van der Waals surface area contributed by atoms with Gasteiger partial charge in [-0.05, 0) is 56.2 Å². The molecule has 0 amide bonds. The molecule has 0 saturated heterocycles. The quantitative estimate of drug-likeness (QED) is 0.0672. The van der Waals surface area contributed by atoms with Gasteiger partial charge in [0.1, 0.15) is 11.5 Å². The molecule has 2 atom stereocenters. The number of quaternary nitrogens is 1. The number of hydrogen-bond acceptors (Lipinski definition) is 5. The minimum absolute atomic E-state index is 0.0178. The minimum Gasteiger partial charge on any atom is -0.494 e. The maximum Gasteiger partial charge on any atom is 0.472 e. The first kappa shape index (κ1) is 36.8. The van der Waals surface area contributed by atoms with Crippen molar-refractivity contribution < 1.29 is 32.5 Å². The number of phosphoric ester groups is 1. The van der Waals surface area contributed by atoms with Gasteiger partial charge < -0.3 is 18.9 Å². The summed E-state index contributed by atoms with van der Waals surface area (Å²) < 4.78 is 29.6. The van der Waals surface area contributed by atoms with Gasteiger partial charge in [-0.25, -0.2) is 4.57 Å². The number of phosphoric acid groups is 1. The standard InChI is InChI=1S/C32H58NO6P/c1-6-7-8-9-10-11-12-13-14-15-17-23-37-32-21-19-20-30(27-32)26-31(25-29(2)34)28-39-40(35,36)38-24-18-16-22-33(3,4)5/h19-21,27,31H,6-18,22-26,28H2,1-5H3/p+1. The Morgan fingerprint density at radius 1 is 0.875 bits per heavy atom. The Labute approximate surface area is 245 Å². The third-order valence-corrected chi connectivity index (χ3v) is 7.95. The zero-order chi connectivity index (χ0) is 29.7. The number of hydrogen-bond donors (Lipinski definition) is 1. The van der Waals surface area contributed by atoms with Crippen molar-refractivity contribution in [3.8, 4) is 5.75 Å². The van der Waals surface area contributed by atoms with Crippen molar-refractivity contribution in [3.05, 3.63) is 29.8 Å². The first-order valence-corrected chi connectivity index (χ1v) is 17.1. The van der Waals surface area contributed by atoms with Crippen LogP contribution in [0, 0.1) is 5.92 Å². The Hall–Kier alpha value is -1.24. The van der Waals surface area contributed by atoms with Crippen LogP contribution in [0.2, 0.25) is 0 Å². The predicted molar refractivity (Wildman–Crippen MR) is 165 cm³/mol. The number of carbonyl (C=O) groups excluding carboxylic acids is 1. The van der Waals surface area contributed by atoms with Crippen LogP contribution in [-0.4, -0.2) is 62.7 Å². The second-order valence-corrected chi connectivity index (χ2v) is 13.8. The first-order chi connectivity index (χ1) is 19.0. The Bertz CT molecular complexity index is 841. The summed E-state index contributed by atoms with van der Waals surface area (Å²) in [6.45, 7) is 5.60. The summed E-state index contributed by atoms with van der Waals surface area (Å²) in [6.07, 6.45) is 16.8. The van der Waals surface area contributed by atoms with E-state index < -0.39 is 7.82 Å². The van der Waals surface area contributed by atoms with E-state index in [1.165, 1.54) is 71.1 Å². The molecule has 1 rings (SSSR count). The van der Waals surface area contributed by atoms with Gasteiger partial charge in [0, 0.05) is 6.42 Å². The zero-order valence-corrected chi connectivity index (χ0v) is 27.1. The molecule has 0 heterocycles. The number of ketones is 1. The normalized spacial score (nSPS) is 14.2. The van der Waals surface area contributed by atoms with E-state index in [2.05, 4.69) is 28.1 Å². The maximum absolute atomic E-state index is 12.4. The number of benzene rings is 1. The fourth-order valence-electron chi connectivity index (χ4n) is 4.75. The van der Waals surface area contributed by atoms with Crippen LogP contribution in [0.1, 0.15) is 109 Å². The highest BCUT2D eigenvalue weighted by atomic mass is 31.2. The minimum atomic E-state index is -4.16. The molecular formula is C32H59NO6P+. The molecule has 0 fully saturated rings. The molecule has 0 bridgehead atoms. The molecule has 0 radical (unpaired) electrons. The van der Waals surface area contributed by atoms with Gasteiger partial charge in [-0.3, -0.25) is 9.05 Å². The Kier molecular flexibility index (Phi) is 19.7. The molecule has 8 heteroatoms. The van der Waals surface area contributed by atoms with E-state index >= 15 is 0 Å². The molecule has 1 N–H and O–H groups in total. The van der Waals surface area contributed by atoms with Crippen LogP contribution in [0.25, 0.3) is 0 Å². The Balaban J connectivity index is 2.36. The lowest BCUT2D eigenvalue weighted by Gasteiger charge is -2.23. The molecule has 0 saturated carbocycles. The fourth-order valence-corrected chi connectivity index (χ4v) is 5.59.